The van der Waals surface area contributed by atoms with E-state index in [0.29, 0.717) is 0 Å². The molecule has 0 fully saturated rings. The molecule has 11 aromatic rings. The molecule has 2 heteroatoms. The molecule has 2 heterocycles. The van der Waals surface area contributed by atoms with Crippen molar-refractivity contribution in [3.63, 3.8) is 0 Å². The molecule has 1 spiro atoms. The Morgan fingerprint density at radius 3 is 1.71 bits per heavy atom. The first-order valence-corrected chi connectivity index (χ1v) is 20.5. The number of benzene rings is 10. The molecule has 0 unspecified atom stereocenters. The topological polar surface area (TPSA) is 8.17 Å². The molecule has 0 atom stereocenters. The maximum Gasteiger partial charge on any atom is 0.0754 e. The maximum atomic E-state index is 2.51. The molecule has 0 N–H and O–H groups in total. The fraction of sp³-hybridized carbons (Fsp3) is 0.0175. The molecule has 1 aromatic heterocycles. The molecule has 0 bridgehead atoms. The third kappa shape index (κ3) is 4.40. The quantitative estimate of drug-likeness (QED) is 0.175. The lowest BCUT2D eigenvalue weighted by Gasteiger charge is -2.45. The van der Waals surface area contributed by atoms with Gasteiger partial charge in [0.15, 0.2) is 0 Å². The highest BCUT2D eigenvalue weighted by molar-refractivity contribution is 6.12. The second-order valence-corrected chi connectivity index (χ2v) is 16.0. The Morgan fingerprint density at radius 2 is 0.881 bits per heavy atom. The van der Waals surface area contributed by atoms with Gasteiger partial charge in [-0.3, -0.25) is 0 Å². The predicted molar refractivity (Wildman–Crippen MR) is 247 cm³/mol. The molecule has 0 amide bonds. The lowest BCUT2D eigenvalue weighted by atomic mass is 9.64. The molecular formula is C57H36N2. The van der Waals surface area contributed by atoms with Crippen LogP contribution in [0.15, 0.2) is 218 Å². The first-order valence-electron chi connectivity index (χ1n) is 20.5. The van der Waals surface area contributed by atoms with Gasteiger partial charge in [-0.1, -0.05) is 170 Å². The van der Waals surface area contributed by atoms with Gasteiger partial charge in [0.05, 0.1) is 33.5 Å². The van der Waals surface area contributed by atoms with Gasteiger partial charge in [-0.05, 0) is 109 Å². The Bertz CT molecular complexity index is 3480. The van der Waals surface area contributed by atoms with Crippen LogP contribution in [0.2, 0.25) is 0 Å². The van der Waals surface area contributed by atoms with Gasteiger partial charge >= 0.3 is 0 Å². The summed E-state index contributed by atoms with van der Waals surface area (Å²) in [4.78, 5) is 2.51. The number of aromatic nitrogens is 1. The van der Waals surface area contributed by atoms with Gasteiger partial charge < -0.3 is 9.47 Å². The van der Waals surface area contributed by atoms with Crippen molar-refractivity contribution >= 4 is 60.4 Å². The molecule has 0 radical (unpaired) electrons. The molecule has 274 valence electrons. The van der Waals surface area contributed by atoms with Crippen molar-refractivity contribution in [1.29, 1.82) is 0 Å². The van der Waals surface area contributed by atoms with Crippen molar-refractivity contribution in [2.75, 3.05) is 4.90 Å². The van der Waals surface area contributed by atoms with E-state index in [9.17, 15) is 0 Å². The van der Waals surface area contributed by atoms with Crippen LogP contribution >= 0.6 is 0 Å². The van der Waals surface area contributed by atoms with E-state index in [-0.39, 0.29) is 0 Å². The van der Waals surface area contributed by atoms with Crippen molar-refractivity contribution in [3.8, 4) is 27.9 Å². The number of para-hydroxylation sites is 2. The van der Waals surface area contributed by atoms with Crippen LogP contribution in [0.3, 0.4) is 0 Å². The van der Waals surface area contributed by atoms with Gasteiger partial charge in [-0.2, -0.15) is 0 Å². The largest absolute Gasteiger partial charge is 0.310 e. The second kappa shape index (κ2) is 12.2. The minimum absolute atomic E-state index is 0.485. The van der Waals surface area contributed by atoms with Crippen molar-refractivity contribution < 1.29 is 0 Å². The third-order valence-corrected chi connectivity index (χ3v) is 13.1. The second-order valence-electron chi connectivity index (χ2n) is 16.0. The zero-order chi connectivity index (χ0) is 38.7. The highest BCUT2D eigenvalue weighted by Gasteiger charge is 2.51. The summed E-state index contributed by atoms with van der Waals surface area (Å²) in [6.07, 6.45) is 0. The summed E-state index contributed by atoms with van der Waals surface area (Å²) in [5.41, 5.74) is 16.9. The lowest BCUT2D eigenvalue weighted by molar-refractivity contribution is 0.753. The lowest BCUT2D eigenvalue weighted by Crippen LogP contribution is -2.36. The van der Waals surface area contributed by atoms with Gasteiger partial charge in [0, 0.05) is 21.8 Å². The Labute approximate surface area is 342 Å². The fourth-order valence-corrected chi connectivity index (χ4v) is 10.7. The molecular weight excluding hydrogens is 713 g/mol. The molecule has 1 aliphatic heterocycles. The van der Waals surface area contributed by atoms with E-state index in [0.717, 1.165) is 5.69 Å². The standard InChI is InChI=1S/C57H36N2/c1-2-16-39-34-42(31-28-37(39)14-1)58-55-26-12-10-24-50(55)57(48-22-8-5-19-44(48)45-20-6-9-23-49(45)57)51-32-29-41(36-56(51)58)40-30-33-54-47(35-40)46-21-7-11-25-53(46)59(54)52-27-13-17-38-15-3-4-18-43(38)52/h1-36H. The van der Waals surface area contributed by atoms with Crippen molar-refractivity contribution in [2.24, 2.45) is 0 Å². The van der Waals surface area contributed by atoms with Crippen LogP contribution in [0.1, 0.15) is 22.3 Å². The number of anilines is 3. The number of hydrogen-bond acceptors (Lipinski definition) is 1. The summed E-state index contributed by atoms with van der Waals surface area (Å²) < 4.78 is 2.45. The molecule has 10 aromatic carbocycles. The average molecular weight is 749 g/mol. The van der Waals surface area contributed by atoms with Gasteiger partial charge in [-0.25, -0.2) is 0 Å². The Balaban J connectivity index is 1.08. The van der Waals surface area contributed by atoms with E-state index in [1.807, 2.05) is 0 Å². The van der Waals surface area contributed by atoms with Gasteiger partial charge in [0.2, 0.25) is 0 Å². The molecule has 2 aliphatic rings. The van der Waals surface area contributed by atoms with Crippen LogP contribution < -0.4 is 4.90 Å². The predicted octanol–water partition coefficient (Wildman–Crippen LogP) is 14.9. The Hall–Kier alpha value is -7.68. The minimum Gasteiger partial charge on any atom is -0.310 e. The van der Waals surface area contributed by atoms with Gasteiger partial charge in [0.1, 0.15) is 0 Å². The van der Waals surface area contributed by atoms with E-state index in [4.69, 9.17) is 0 Å². The van der Waals surface area contributed by atoms with Gasteiger partial charge in [-0.15, -0.1) is 0 Å². The monoisotopic (exact) mass is 748 g/mol. The van der Waals surface area contributed by atoms with Gasteiger partial charge in [0.25, 0.3) is 0 Å². The Morgan fingerprint density at radius 1 is 0.305 bits per heavy atom. The molecule has 0 saturated heterocycles. The van der Waals surface area contributed by atoms with E-state index in [1.54, 1.807) is 0 Å². The van der Waals surface area contributed by atoms with Crippen molar-refractivity contribution in [3.05, 3.63) is 241 Å². The molecule has 0 saturated carbocycles. The summed E-state index contributed by atoms with van der Waals surface area (Å²) in [5.74, 6) is 0. The maximum absolute atomic E-state index is 2.51. The number of nitrogens with zero attached hydrogens (tertiary/aromatic N) is 2. The minimum atomic E-state index is -0.485. The first kappa shape index (κ1) is 32.4. The van der Waals surface area contributed by atoms with Crippen molar-refractivity contribution in [1.82, 2.24) is 4.57 Å². The van der Waals surface area contributed by atoms with Crippen LogP contribution in [0.4, 0.5) is 17.1 Å². The number of fused-ring (bicyclic) bond motifs is 14. The van der Waals surface area contributed by atoms with Crippen LogP contribution in [0.5, 0.6) is 0 Å². The van der Waals surface area contributed by atoms with E-state index in [2.05, 4.69) is 228 Å². The smallest absolute Gasteiger partial charge is 0.0754 e. The molecule has 2 nitrogen and oxygen atoms in total. The third-order valence-electron chi connectivity index (χ3n) is 13.1. The van der Waals surface area contributed by atoms with Crippen LogP contribution in [0, 0.1) is 0 Å². The zero-order valence-corrected chi connectivity index (χ0v) is 32.2. The Kier molecular flexibility index (Phi) is 6.68. The van der Waals surface area contributed by atoms with Crippen LogP contribution in [0.25, 0.3) is 71.3 Å². The molecule has 1 aliphatic carbocycles. The van der Waals surface area contributed by atoms with Crippen LogP contribution in [-0.4, -0.2) is 4.57 Å². The van der Waals surface area contributed by atoms with Crippen LogP contribution in [-0.2, 0) is 5.41 Å². The first-order chi connectivity index (χ1) is 29.3. The normalized spacial score (nSPS) is 13.5. The zero-order valence-electron chi connectivity index (χ0n) is 32.2. The van der Waals surface area contributed by atoms with E-state index in [1.165, 1.54) is 105 Å². The highest BCUT2D eigenvalue weighted by Crippen LogP contribution is 2.63. The average Bonchev–Trinajstić information content (AvgIpc) is 3.79. The summed E-state index contributed by atoms with van der Waals surface area (Å²) in [6.45, 7) is 0. The molecule has 59 heavy (non-hydrogen) atoms. The number of hydrogen-bond donors (Lipinski definition) is 0. The van der Waals surface area contributed by atoms with E-state index < -0.39 is 5.41 Å². The summed E-state index contributed by atoms with van der Waals surface area (Å²) in [7, 11) is 0. The fourth-order valence-electron chi connectivity index (χ4n) is 10.7. The summed E-state index contributed by atoms with van der Waals surface area (Å²) in [6, 6.07) is 81.3. The van der Waals surface area contributed by atoms with E-state index >= 15 is 0 Å². The SMILES string of the molecule is c1ccc2c(c1)-c1ccccc1C21c2ccccc2N(c2ccc3ccccc3c2)c2cc(-c3ccc4c(c3)c3ccccc3n4-c3cccc4ccccc34)ccc21. The number of rotatable bonds is 3. The summed E-state index contributed by atoms with van der Waals surface area (Å²) in [5, 5.41) is 7.45. The van der Waals surface area contributed by atoms with Crippen molar-refractivity contribution in [2.45, 2.75) is 5.41 Å². The molecule has 13 rings (SSSR count). The highest BCUT2D eigenvalue weighted by atomic mass is 15.2. The summed E-state index contributed by atoms with van der Waals surface area (Å²) >= 11 is 0.